The molecule has 0 aliphatic rings. The van der Waals surface area contributed by atoms with Crippen LogP contribution in [0.1, 0.15) is 18.1 Å². The summed E-state index contributed by atoms with van der Waals surface area (Å²) in [5.41, 5.74) is 1.79. The number of sulfonamides is 1. The van der Waals surface area contributed by atoms with Gasteiger partial charge in [-0.05, 0) is 44.0 Å². The first kappa shape index (κ1) is 19.9. The van der Waals surface area contributed by atoms with Crippen LogP contribution < -0.4 is 10.0 Å². The minimum absolute atomic E-state index is 0.0650. The molecule has 0 aliphatic heterocycles. The van der Waals surface area contributed by atoms with Crippen molar-refractivity contribution < 1.29 is 22.7 Å². The summed E-state index contributed by atoms with van der Waals surface area (Å²) in [5, 5.41) is 2.47. The van der Waals surface area contributed by atoms with E-state index in [2.05, 4.69) is 16.6 Å². The van der Waals surface area contributed by atoms with Gasteiger partial charge in [0, 0.05) is 6.54 Å². The Morgan fingerprint density at radius 3 is 2.54 bits per heavy atom. The maximum absolute atomic E-state index is 12.2. The lowest BCUT2D eigenvalue weighted by Crippen LogP contribution is -2.38. The van der Waals surface area contributed by atoms with E-state index >= 15 is 0 Å². The molecule has 1 aromatic rings. The van der Waals surface area contributed by atoms with Crippen LogP contribution in [0.3, 0.4) is 0 Å². The van der Waals surface area contributed by atoms with E-state index in [-0.39, 0.29) is 11.4 Å². The van der Waals surface area contributed by atoms with Crippen molar-refractivity contribution in [3.63, 3.8) is 0 Å². The smallest absolute Gasteiger partial charge is 0.321 e. The molecule has 1 amide bonds. The van der Waals surface area contributed by atoms with E-state index in [1.165, 1.54) is 25.1 Å². The fourth-order valence-electron chi connectivity index (χ4n) is 1.73. The molecular formula is C16H22N2O5S. The van der Waals surface area contributed by atoms with E-state index in [0.29, 0.717) is 0 Å². The minimum Gasteiger partial charge on any atom is -0.452 e. The van der Waals surface area contributed by atoms with E-state index in [4.69, 9.17) is 4.74 Å². The first-order valence-corrected chi connectivity index (χ1v) is 8.80. The van der Waals surface area contributed by atoms with Gasteiger partial charge in [-0.15, -0.1) is 6.58 Å². The molecule has 1 aromatic carbocycles. The molecule has 24 heavy (non-hydrogen) atoms. The van der Waals surface area contributed by atoms with Gasteiger partial charge in [0.05, 0.1) is 4.90 Å². The van der Waals surface area contributed by atoms with Crippen molar-refractivity contribution in [3.8, 4) is 0 Å². The number of carbonyl (C=O) groups excluding carboxylic acids is 2. The summed E-state index contributed by atoms with van der Waals surface area (Å²) in [7, 11) is -3.83. The number of carbonyl (C=O) groups is 2. The van der Waals surface area contributed by atoms with Crippen LogP contribution in [0.5, 0.6) is 0 Å². The average molecular weight is 354 g/mol. The highest BCUT2D eigenvalue weighted by molar-refractivity contribution is 7.89. The van der Waals surface area contributed by atoms with Gasteiger partial charge in [0.1, 0.15) is 6.54 Å². The van der Waals surface area contributed by atoms with Crippen molar-refractivity contribution in [2.24, 2.45) is 0 Å². The molecule has 1 rings (SSSR count). The molecule has 0 spiro atoms. The van der Waals surface area contributed by atoms with Crippen LogP contribution in [0.2, 0.25) is 0 Å². The van der Waals surface area contributed by atoms with Gasteiger partial charge in [-0.3, -0.25) is 9.59 Å². The minimum atomic E-state index is -3.83. The number of nitrogens with one attached hydrogen (secondary N) is 2. The molecule has 0 fully saturated rings. The Balaban J connectivity index is 2.60. The van der Waals surface area contributed by atoms with Crippen molar-refractivity contribution in [1.29, 1.82) is 0 Å². The largest absolute Gasteiger partial charge is 0.452 e. The normalized spacial score (nSPS) is 12.3. The molecule has 0 aliphatic carbocycles. The lowest BCUT2D eigenvalue weighted by Gasteiger charge is -2.13. The highest BCUT2D eigenvalue weighted by Crippen LogP contribution is 2.14. The van der Waals surface area contributed by atoms with E-state index in [9.17, 15) is 18.0 Å². The van der Waals surface area contributed by atoms with Crippen LogP contribution in [-0.2, 0) is 24.3 Å². The maximum atomic E-state index is 12.2. The molecule has 0 saturated heterocycles. The van der Waals surface area contributed by atoms with Crippen LogP contribution in [-0.4, -0.2) is 39.5 Å². The van der Waals surface area contributed by atoms with Crippen LogP contribution in [0.25, 0.3) is 0 Å². The summed E-state index contributed by atoms with van der Waals surface area (Å²) >= 11 is 0. The highest BCUT2D eigenvalue weighted by Gasteiger charge is 2.20. The van der Waals surface area contributed by atoms with Gasteiger partial charge in [-0.25, -0.2) is 8.42 Å². The topological polar surface area (TPSA) is 102 Å². The molecule has 7 nitrogen and oxygen atoms in total. The molecule has 0 radical (unpaired) electrons. The number of benzene rings is 1. The third-order valence-electron chi connectivity index (χ3n) is 3.29. The molecule has 1 atom stereocenters. The summed E-state index contributed by atoms with van der Waals surface area (Å²) in [5.74, 6) is -1.33. The lowest BCUT2D eigenvalue weighted by molar-refractivity contribution is -0.153. The fraction of sp³-hybridized carbons (Fsp3) is 0.375. The summed E-state index contributed by atoms with van der Waals surface area (Å²) in [4.78, 5) is 23.3. The summed E-state index contributed by atoms with van der Waals surface area (Å²) in [6.07, 6.45) is 0.466. The number of hydrogen-bond donors (Lipinski definition) is 2. The van der Waals surface area contributed by atoms with E-state index in [1.54, 1.807) is 13.0 Å². The summed E-state index contributed by atoms with van der Waals surface area (Å²) < 4.78 is 31.3. The molecule has 132 valence electrons. The predicted molar refractivity (Wildman–Crippen MR) is 89.9 cm³/mol. The highest BCUT2D eigenvalue weighted by atomic mass is 32.2. The molecule has 2 N–H and O–H groups in total. The Hall–Kier alpha value is -2.19. The number of amides is 1. The van der Waals surface area contributed by atoms with Crippen LogP contribution in [0, 0.1) is 13.8 Å². The van der Waals surface area contributed by atoms with E-state index < -0.39 is 34.5 Å². The Bertz CT molecular complexity index is 728. The van der Waals surface area contributed by atoms with Crippen molar-refractivity contribution in [1.82, 2.24) is 10.0 Å². The third kappa shape index (κ3) is 5.78. The number of esters is 1. The fourth-order valence-corrected chi connectivity index (χ4v) is 2.78. The van der Waals surface area contributed by atoms with Gasteiger partial charge in [0.2, 0.25) is 10.0 Å². The zero-order valence-corrected chi connectivity index (χ0v) is 14.8. The third-order valence-corrected chi connectivity index (χ3v) is 4.69. The second-order valence-corrected chi connectivity index (χ2v) is 7.00. The maximum Gasteiger partial charge on any atom is 0.321 e. The Kier molecular flexibility index (Phi) is 7.12. The van der Waals surface area contributed by atoms with Crippen molar-refractivity contribution >= 4 is 21.9 Å². The van der Waals surface area contributed by atoms with Crippen LogP contribution in [0.4, 0.5) is 0 Å². The second-order valence-electron chi connectivity index (χ2n) is 5.24. The standard InChI is InChI=1S/C16H22N2O5S/c1-5-8-17-16(20)13(4)23-15(19)10-18-24(21,22)14-7-6-11(2)12(3)9-14/h5-7,9,13,18H,1,8,10H2,2-4H3,(H,17,20)/t13-/m0/s1. The monoisotopic (exact) mass is 354 g/mol. The Morgan fingerprint density at radius 1 is 1.29 bits per heavy atom. The molecule has 0 heterocycles. The van der Waals surface area contributed by atoms with Crippen LogP contribution >= 0.6 is 0 Å². The van der Waals surface area contributed by atoms with E-state index in [1.807, 2.05) is 6.92 Å². The number of rotatable bonds is 8. The summed E-state index contributed by atoms with van der Waals surface area (Å²) in [6.45, 7) is 8.20. The zero-order chi connectivity index (χ0) is 18.3. The van der Waals surface area contributed by atoms with Gasteiger partial charge >= 0.3 is 5.97 Å². The van der Waals surface area contributed by atoms with Gasteiger partial charge in [-0.2, -0.15) is 4.72 Å². The molecule has 0 unspecified atom stereocenters. The SMILES string of the molecule is C=CCNC(=O)[C@H](C)OC(=O)CNS(=O)(=O)c1ccc(C)c(C)c1. The molecule has 0 saturated carbocycles. The Morgan fingerprint density at radius 2 is 1.96 bits per heavy atom. The van der Waals surface area contributed by atoms with Crippen molar-refractivity contribution in [3.05, 3.63) is 42.0 Å². The molecule has 0 aromatic heterocycles. The van der Waals surface area contributed by atoms with Gasteiger partial charge in [0.25, 0.3) is 5.91 Å². The van der Waals surface area contributed by atoms with Gasteiger partial charge in [-0.1, -0.05) is 12.1 Å². The first-order valence-electron chi connectivity index (χ1n) is 7.32. The van der Waals surface area contributed by atoms with Crippen LogP contribution in [0.15, 0.2) is 35.7 Å². The van der Waals surface area contributed by atoms with Gasteiger partial charge in [0.15, 0.2) is 6.10 Å². The number of ether oxygens (including phenoxy) is 1. The lowest BCUT2D eigenvalue weighted by atomic mass is 10.1. The van der Waals surface area contributed by atoms with E-state index in [0.717, 1.165) is 11.1 Å². The molecular weight excluding hydrogens is 332 g/mol. The second kappa shape index (κ2) is 8.60. The molecule has 8 heteroatoms. The number of aryl methyl sites for hydroxylation is 2. The average Bonchev–Trinajstić information content (AvgIpc) is 2.53. The summed E-state index contributed by atoms with van der Waals surface area (Å²) in [6, 6.07) is 4.67. The quantitative estimate of drug-likeness (QED) is 0.531. The Labute approximate surface area is 142 Å². The first-order chi connectivity index (χ1) is 11.2. The van der Waals surface area contributed by atoms with Gasteiger partial charge < -0.3 is 10.1 Å². The predicted octanol–water partition coefficient (Wildman–Crippen LogP) is 0.816. The molecule has 0 bridgehead atoms. The van der Waals surface area contributed by atoms with Crippen molar-refractivity contribution in [2.45, 2.75) is 31.8 Å². The zero-order valence-electron chi connectivity index (χ0n) is 14.0. The number of hydrogen-bond acceptors (Lipinski definition) is 5. The van der Waals surface area contributed by atoms with Crippen molar-refractivity contribution in [2.75, 3.05) is 13.1 Å².